The average molecular weight is 327 g/mol. The standard InChI is InChI=1S/C17H26N2O2.ClH/c1-21-15-9-7-14(8-10-15)6-5-13-19-16(20)17(18)11-3-2-4-12-17;/h7-10H,2-6,11-13,18H2,1H3,(H,19,20);1H. The molecule has 4 nitrogen and oxygen atoms in total. The Morgan fingerprint density at radius 3 is 2.45 bits per heavy atom. The van der Waals surface area contributed by atoms with E-state index >= 15 is 0 Å². The lowest BCUT2D eigenvalue weighted by Gasteiger charge is -2.31. The van der Waals surface area contributed by atoms with Crippen LogP contribution in [0.25, 0.3) is 0 Å². The van der Waals surface area contributed by atoms with E-state index in [4.69, 9.17) is 10.5 Å². The van der Waals surface area contributed by atoms with E-state index in [9.17, 15) is 4.79 Å². The zero-order valence-corrected chi connectivity index (χ0v) is 14.1. The van der Waals surface area contributed by atoms with Gasteiger partial charge in [-0.15, -0.1) is 12.4 Å². The van der Waals surface area contributed by atoms with Crippen LogP contribution in [0.2, 0.25) is 0 Å². The Kier molecular flexibility index (Phi) is 7.69. The van der Waals surface area contributed by atoms with Gasteiger partial charge in [0.15, 0.2) is 0 Å². The summed E-state index contributed by atoms with van der Waals surface area (Å²) in [6.07, 6.45) is 6.83. The number of methoxy groups -OCH3 is 1. The summed E-state index contributed by atoms with van der Waals surface area (Å²) in [5.41, 5.74) is 6.83. The van der Waals surface area contributed by atoms with Crippen LogP contribution in [0.3, 0.4) is 0 Å². The Hall–Kier alpha value is -1.26. The maximum absolute atomic E-state index is 12.2. The number of amides is 1. The maximum Gasteiger partial charge on any atom is 0.240 e. The van der Waals surface area contributed by atoms with Gasteiger partial charge in [-0.3, -0.25) is 4.79 Å². The molecule has 5 heteroatoms. The van der Waals surface area contributed by atoms with Crippen LogP contribution < -0.4 is 15.8 Å². The smallest absolute Gasteiger partial charge is 0.240 e. The van der Waals surface area contributed by atoms with Crippen molar-refractivity contribution in [2.24, 2.45) is 5.73 Å². The van der Waals surface area contributed by atoms with Gasteiger partial charge in [0, 0.05) is 6.54 Å². The van der Waals surface area contributed by atoms with Crippen LogP contribution in [0.1, 0.15) is 44.1 Å². The van der Waals surface area contributed by atoms with Gasteiger partial charge in [-0.05, 0) is 43.4 Å². The molecule has 124 valence electrons. The Morgan fingerprint density at radius 2 is 1.86 bits per heavy atom. The maximum atomic E-state index is 12.2. The molecule has 1 aromatic carbocycles. The van der Waals surface area contributed by atoms with Crippen molar-refractivity contribution in [3.63, 3.8) is 0 Å². The summed E-state index contributed by atoms with van der Waals surface area (Å²) >= 11 is 0. The molecule has 1 aliphatic carbocycles. The molecule has 1 aromatic rings. The molecule has 0 bridgehead atoms. The third-order valence-corrected chi connectivity index (χ3v) is 4.28. The minimum Gasteiger partial charge on any atom is -0.497 e. The van der Waals surface area contributed by atoms with Crippen LogP contribution in [-0.4, -0.2) is 25.1 Å². The summed E-state index contributed by atoms with van der Waals surface area (Å²) in [7, 11) is 1.67. The minimum atomic E-state index is -0.627. The zero-order valence-electron chi connectivity index (χ0n) is 13.3. The van der Waals surface area contributed by atoms with E-state index in [1.165, 1.54) is 12.0 Å². The summed E-state index contributed by atoms with van der Waals surface area (Å²) in [4.78, 5) is 12.2. The number of hydrogen-bond donors (Lipinski definition) is 2. The van der Waals surface area contributed by atoms with E-state index in [-0.39, 0.29) is 18.3 Å². The first-order chi connectivity index (χ1) is 10.1. The number of nitrogens with one attached hydrogen (secondary N) is 1. The number of hydrogen-bond acceptors (Lipinski definition) is 3. The van der Waals surface area contributed by atoms with Gasteiger partial charge in [0.05, 0.1) is 12.6 Å². The molecular formula is C17H27ClN2O2. The Morgan fingerprint density at radius 1 is 1.23 bits per heavy atom. The van der Waals surface area contributed by atoms with Gasteiger partial charge >= 0.3 is 0 Å². The van der Waals surface area contributed by atoms with Crippen molar-refractivity contribution in [3.8, 4) is 5.75 Å². The van der Waals surface area contributed by atoms with Gasteiger partial charge in [-0.2, -0.15) is 0 Å². The molecule has 0 saturated heterocycles. The fraction of sp³-hybridized carbons (Fsp3) is 0.588. The Balaban J connectivity index is 0.00000242. The molecule has 3 N–H and O–H groups in total. The van der Waals surface area contributed by atoms with E-state index in [1.807, 2.05) is 12.1 Å². The molecule has 0 aromatic heterocycles. The lowest BCUT2D eigenvalue weighted by atomic mass is 9.82. The van der Waals surface area contributed by atoms with Crippen molar-refractivity contribution in [1.82, 2.24) is 5.32 Å². The summed E-state index contributed by atoms with van der Waals surface area (Å²) in [6.45, 7) is 0.684. The summed E-state index contributed by atoms with van der Waals surface area (Å²) in [5.74, 6) is 0.895. The van der Waals surface area contributed by atoms with E-state index in [0.717, 1.165) is 44.3 Å². The quantitative estimate of drug-likeness (QED) is 0.790. The van der Waals surface area contributed by atoms with Gasteiger partial charge in [0.2, 0.25) is 5.91 Å². The summed E-state index contributed by atoms with van der Waals surface area (Å²) in [5, 5.41) is 3.00. The van der Waals surface area contributed by atoms with E-state index < -0.39 is 5.54 Å². The molecular weight excluding hydrogens is 300 g/mol. The van der Waals surface area contributed by atoms with Crippen molar-refractivity contribution >= 4 is 18.3 Å². The van der Waals surface area contributed by atoms with Crippen LogP contribution >= 0.6 is 12.4 Å². The SMILES string of the molecule is COc1ccc(CCCNC(=O)C2(N)CCCCC2)cc1.Cl. The van der Waals surface area contributed by atoms with Crippen LogP contribution in [0, 0.1) is 0 Å². The van der Waals surface area contributed by atoms with Gasteiger partial charge in [-0.1, -0.05) is 31.4 Å². The Bertz CT molecular complexity index is 456. The summed E-state index contributed by atoms with van der Waals surface area (Å²) in [6, 6.07) is 8.05. The fourth-order valence-electron chi connectivity index (χ4n) is 2.87. The molecule has 2 rings (SSSR count). The molecule has 1 saturated carbocycles. The van der Waals surface area contributed by atoms with Gasteiger partial charge < -0.3 is 15.8 Å². The average Bonchev–Trinajstić information content (AvgIpc) is 2.52. The monoisotopic (exact) mass is 326 g/mol. The fourth-order valence-corrected chi connectivity index (χ4v) is 2.87. The first kappa shape index (κ1) is 18.8. The largest absolute Gasteiger partial charge is 0.497 e. The second kappa shape index (κ2) is 9.01. The van der Waals surface area contributed by atoms with Crippen LogP contribution in [0.4, 0.5) is 0 Å². The van der Waals surface area contributed by atoms with Crippen LogP contribution in [0.5, 0.6) is 5.75 Å². The van der Waals surface area contributed by atoms with E-state index in [0.29, 0.717) is 6.54 Å². The number of rotatable bonds is 6. The number of halogens is 1. The molecule has 0 spiro atoms. The van der Waals surface area contributed by atoms with Crippen LogP contribution in [-0.2, 0) is 11.2 Å². The highest BCUT2D eigenvalue weighted by Crippen LogP contribution is 2.25. The molecule has 0 atom stereocenters. The van der Waals surface area contributed by atoms with Crippen molar-refractivity contribution in [1.29, 1.82) is 0 Å². The number of benzene rings is 1. The second-order valence-corrected chi connectivity index (χ2v) is 5.92. The highest BCUT2D eigenvalue weighted by atomic mass is 35.5. The Labute approximate surface area is 139 Å². The molecule has 0 radical (unpaired) electrons. The van der Waals surface area contributed by atoms with Crippen molar-refractivity contribution in [3.05, 3.63) is 29.8 Å². The lowest BCUT2D eigenvalue weighted by molar-refractivity contribution is -0.127. The first-order valence-electron chi connectivity index (χ1n) is 7.84. The molecule has 0 unspecified atom stereocenters. The van der Waals surface area contributed by atoms with Crippen molar-refractivity contribution < 1.29 is 9.53 Å². The third-order valence-electron chi connectivity index (χ3n) is 4.28. The molecule has 22 heavy (non-hydrogen) atoms. The molecule has 1 fully saturated rings. The van der Waals surface area contributed by atoms with Gasteiger partial charge in [0.1, 0.15) is 5.75 Å². The van der Waals surface area contributed by atoms with Crippen LogP contribution in [0.15, 0.2) is 24.3 Å². The number of nitrogens with two attached hydrogens (primary N) is 1. The number of carbonyl (C=O) groups is 1. The number of carbonyl (C=O) groups excluding carboxylic acids is 1. The highest BCUT2D eigenvalue weighted by Gasteiger charge is 2.34. The number of aryl methyl sites for hydroxylation is 1. The first-order valence-corrected chi connectivity index (χ1v) is 7.84. The minimum absolute atomic E-state index is 0. The third kappa shape index (κ3) is 5.18. The topological polar surface area (TPSA) is 64.3 Å². The summed E-state index contributed by atoms with van der Waals surface area (Å²) < 4.78 is 5.13. The molecule has 0 aliphatic heterocycles. The molecule has 0 heterocycles. The number of ether oxygens (including phenoxy) is 1. The van der Waals surface area contributed by atoms with Crippen molar-refractivity contribution in [2.75, 3.05) is 13.7 Å². The van der Waals surface area contributed by atoms with Gasteiger partial charge in [0.25, 0.3) is 0 Å². The lowest BCUT2D eigenvalue weighted by Crippen LogP contribution is -2.55. The van der Waals surface area contributed by atoms with Crippen molar-refractivity contribution in [2.45, 2.75) is 50.5 Å². The predicted octanol–water partition coefficient (Wildman–Crippen LogP) is 2.83. The molecule has 1 amide bonds. The predicted molar refractivity (Wildman–Crippen MR) is 91.6 cm³/mol. The molecule has 1 aliphatic rings. The normalized spacial score (nSPS) is 16.5. The zero-order chi connectivity index (χ0) is 15.1. The highest BCUT2D eigenvalue weighted by molar-refractivity contribution is 5.86. The second-order valence-electron chi connectivity index (χ2n) is 5.92. The van der Waals surface area contributed by atoms with E-state index in [2.05, 4.69) is 17.4 Å². The van der Waals surface area contributed by atoms with E-state index in [1.54, 1.807) is 7.11 Å². The van der Waals surface area contributed by atoms with Gasteiger partial charge in [-0.25, -0.2) is 0 Å².